The zero-order chi connectivity index (χ0) is 22.1. The van der Waals surface area contributed by atoms with Crippen LogP contribution < -0.4 is 0 Å². The maximum absolute atomic E-state index is 12.1. The number of fused-ring (bicyclic) bond motifs is 1. The number of aliphatic hydroxyl groups is 2. The van der Waals surface area contributed by atoms with Gasteiger partial charge in [-0.15, -0.1) is 11.8 Å². The Balaban J connectivity index is 1.79. The van der Waals surface area contributed by atoms with Crippen LogP contribution in [-0.4, -0.2) is 46.3 Å². The lowest BCUT2D eigenvalue weighted by molar-refractivity contribution is -0.130. The van der Waals surface area contributed by atoms with Crippen molar-refractivity contribution < 1.29 is 15.0 Å². The number of rotatable bonds is 11. The van der Waals surface area contributed by atoms with E-state index in [1.165, 1.54) is 5.57 Å². The zero-order valence-corrected chi connectivity index (χ0v) is 19.3. The molecule has 0 bridgehead atoms. The molecule has 2 N–H and O–H groups in total. The Hall–Kier alpha value is -1.57. The Morgan fingerprint density at radius 2 is 2.07 bits per heavy atom. The molecule has 4 nitrogen and oxygen atoms in total. The number of amides is 1. The Labute approximate surface area is 183 Å². The third-order valence-corrected chi connectivity index (χ3v) is 6.92. The SMILES string of the molecule is CC#CC[C@H](C)[C@H](O)C=C[C@@H]1[C@H]2CC(CCCCC(=O)N(CC)CC)=C[C@H]2C[C@H]1O. The maximum atomic E-state index is 12.1. The molecular weight excluding hydrogens is 374 g/mol. The van der Waals surface area contributed by atoms with Crippen molar-refractivity contribution in [3.05, 3.63) is 23.8 Å². The molecule has 2 rings (SSSR count). The summed E-state index contributed by atoms with van der Waals surface area (Å²) in [7, 11) is 0. The van der Waals surface area contributed by atoms with Gasteiger partial charge in [-0.05, 0) is 70.6 Å². The van der Waals surface area contributed by atoms with Gasteiger partial charge in [0, 0.05) is 31.8 Å². The van der Waals surface area contributed by atoms with E-state index in [0.29, 0.717) is 24.7 Å². The number of carbonyl (C=O) groups excluding carboxylic acids is 1. The van der Waals surface area contributed by atoms with Gasteiger partial charge in [-0.1, -0.05) is 30.7 Å². The molecule has 0 saturated heterocycles. The van der Waals surface area contributed by atoms with Crippen LogP contribution in [0.4, 0.5) is 0 Å². The molecular formula is C26H41NO3. The molecule has 0 aromatic rings. The first-order valence-corrected chi connectivity index (χ1v) is 11.8. The highest BCUT2D eigenvalue weighted by Gasteiger charge is 2.43. The third kappa shape index (κ3) is 6.72. The van der Waals surface area contributed by atoms with E-state index in [1.807, 2.05) is 38.7 Å². The fraction of sp³-hybridized carbons (Fsp3) is 0.731. The van der Waals surface area contributed by atoms with Crippen molar-refractivity contribution in [2.75, 3.05) is 13.1 Å². The Kier molecular flexibility index (Phi) is 10.1. The Morgan fingerprint density at radius 1 is 1.33 bits per heavy atom. The number of carbonyl (C=O) groups is 1. The van der Waals surface area contributed by atoms with Crippen LogP contribution in [0.5, 0.6) is 0 Å². The fourth-order valence-corrected chi connectivity index (χ4v) is 4.97. The number of allylic oxidation sites excluding steroid dienone is 2. The van der Waals surface area contributed by atoms with E-state index in [0.717, 1.165) is 45.2 Å². The van der Waals surface area contributed by atoms with Crippen LogP contribution in [0.25, 0.3) is 0 Å². The summed E-state index contributed by atoms with van der Waals surface area (Å²) >= 11 is 0. The van der Waals surface area contributed by atoms with Gasteiger partial charge in [-0.2, -0.15) is 0 Å². The third-order valence-electron chi connectivity index (χ3n) is 6.92. The van der Waals surface area contributed by atoms with Crippen molar-refractivity contribution in [3.8, 4) is 11.8 Å². The number of unbranched alkanes of at least 4 members (excludes halogenated alkanes) is 1. The second-order valence-electron chi connectivity index (χ2n) is 8.99. The molecule has 168 valence electrons. The van der Waals surface area contributed by atoms with Gasteiger partial charge in [-0.3, -0.25) is 4.79 Å². The number of nitrogens with zero attached hydrogens (tertiary/aromatic N) is 1. The van der Waals surface area contributed by atoms with Crippen molar-refractivity contribution in [1.82, 2.24) is 4.90 Å². The van der Waals surface area contributed by atoms with Gasteiger partial charge in [0.2, 0.25) is 5.91 Å². The molecule has 1 fully saturated rings. The van der Waals surface area contributed by atoms with Crippen molar-refractivity contribution in [3.63, 3.8) is 0 Å². The minimum atomic E-state index is -0.519. The first kappa shape index (κ1) is 24.7. The second-order valence-corrected chi connectivity index (χ2v) is 8.99. The van der Waals surface area contributed by atoms with Crippen LogP contribution >= 0.6 is 0 Å². The largest absolute Gasteiger partial charge is 0.392 e. The van der Waals surface area contributed by atoms with Gasteiger partial charge in [0.1, 0.15) is 0 Å². The van der Waals surface area contributed by atoms with Gasteiger partial charge in [0.15, 0.2) is 0 Å². The van der Waals surface area contributed by atoms with Crippen molar-refractivity contribution in [2.45, 2.75) is 84.8 Å². The smallest absolute Gasteiger partial charge is 0.222 e. The molecule has 0 aliphatic heterocycles. The summed E-state index contributed by atoms with van der Waals surface area (Å²) in [6.07, 6.45) is 11.7. The summed E-state index contributed by atoms with van der Waals surface area (Å²) in [6, 6.07) is 0. The molecule has 0 unspecified atom stereocenters. The molecule has 6 atom stereocenters. The van der Waals surface area contributed by atoms with Crippen LogP contribution in [0.1, 0.15) is 72.6 Å². The monoisotopic (exact) mass is 415 g/mol. The fourth-order valence-electron chi connectivity index (χ4n) is 4.97. The van der Waals surface area contributed by atoms with E-state index in [4.69, 9.17) is 0 Å². The van der Waals surface area contributed by atoms with Crippen LogP contribution in [0.15, 0.2) is 23.8 Å². The van der Waals surface area contributed by atoms with Gasteiger partial charge in [-0.25, -0.2) is 0 Å². The van der Waals surface area contributed by atoms with Crippen molar-refractivity contribution in [2.24, 2.45) is 23.7 Å². The quantitative estimate of drug-likeness (QED) is 0.300. The standard InChI is InChI=1S/C26H41NO3/c1-5-8-11-19(4)24(28)15-14-22-23-17-20(16-21(23)18-25(22)29)12-9-10-13-26(30)27(6-2)7-3/h14-16,19,21-25,28-29H,6-7,9-13,17-18H2,1-4H3/t19-,21-,22+,23-,24+,25+/m0/s1. The molecule has 2 aliphatic rings. The molecule has 0 aromatic carbocycles. The molecule has 2 aliphatic carbocycles. The lowest BCUT2D eigenvalue weighted by atomic mass is 9.88. The highest BCUT2D eigenvalue weighted by molar-refractivity contribution is 5.76. The number of hydrogen-bond acceptors (Lipinski definition) is 3. The maximum Gasteiger partial charge on any atom is 0.222 e. The predicted molar refractivity (Wildman–Crippen MR) is 123 cm³/mol. The number of aliphatic hydroxyl groups excluding tert-OH is 2. The van der Waals surface area contributed by atoms with E-state index in [9.17, 15) is 15.0 Å². The van der Waals surface area contributed by atoms with E-state index in [1.54, 1.807) is 0 Å². The van der Waals surface area contributed by atoms with Gasteiger partial charge in [0.25, 0.3) is 0 Å². The molecule has 0 heterocycles. The second kappa shape index (κ2) is 12.3. The lowest BCUT2D eigenvalue weighted by Crippen LogP contribution is -2.30. The molecule has 4 heteroatoms. The summed E-state index contributed by atoms with van der Waals surface area (Å²) in [6.45, 7) is 9.47. The Bertz CT molecular complexity index is 668. The molecule has 1 saturated carbocycles. The summed E-state index contributed by atoms with van der Waals surface area (Å²) in [5.41, 5.74) is 1.48. The minimum absolute atomic E-state index is 0.0966. The van der Waals surface area contributed by atoms with E-state index in [2.05, 4.69) is 24.0 Å². The average molecular weight is 416 g/mol. The normalized spacial score (nSPS) is 27.3. The van der Waals surface area contributed by atoms with E-state index < -0.39 is 6.10 Å². The van der Waals surface area contributed by atoms with Gasteiger partial charge < -0.3 is 15.1 Å². The highest BCUT2D eigenvalue weighted by atomic mass is 16.3. The molecule has 30 heavy (non-hydrogen) atoms. The summed E-state index contributed by atoms with van der Waals surface area (Å²) in [4.78, 5) is 14.0. The van der Waals surface area contributed by atoms with Crippen LogP contribution in [0, 0.1) is 35.5 Å². The molecule has 1 amide bonds. The Morgan fingerprint density at radius 3 is 2.73 bits per heavy atom. The van der Waals surface area contributed by atoms with Crippen molar-refractivity contribution >= 4 is 5.91 Å². The molecule has 0 radical (unpaired) electrons. The van der Waals surface area contributed by atoms with Crippen molar-refractivity contribution in [1.29, 1.82) is 0 Å². The van der Waals surface area contributed by atoms with Gasteiger partial charge >= 0.3 is 0 Å². The van der Waals surface area contributed by atoms with Crippen LogP contribution in [-0.2, 0) is 4.79 Å². The van der Waals surface area contributed by atoms with E-state index in [-0.39, 0.29) is 23.8 Å². The zero-order valence-electron chi connectivity index (χ0n) is 19.3. The molecule has 0 spiro atoms. The van der Waals surface area contributed by atoms with Crippen LogP contribution in [0.3, 0.4) is 0 Å². The average Bonchev–Trinajstić information content (AvgIpc) is 3.24. The first-order chi connectivity index (χ1) is 14.4. The molecule has 0 aromatic heterocycles. The predicted octanol–water partition coefficient (Wildman–Crippen LogP) is 4.33. The highest BCUT2D eigenvalue weighted by Crippen LogP contribution is 2.48. The lowest BCUT2D eigenvalue weighted by Gasteiger charge is -2.20. The summed E-state index contributed by atoms with van der Waals surface area (Å²) in [5, 5.41) is 20.9. The number of hydrogen-bond donors (Lipinski definition) is 2. The topological polar surface area (TPSA) is 60.8 Å². The minimum Gasteiger partial charge on any atom is -0.392 e. The first-order valence-electron chi connectivity index (χ1n) is 11.8. The van der Waals surface area contributed by atoms with E-state index >= 15 is 0 Å². The summed E-state index contributed by atoms with van der Waals surface area (Å²) < 4.78 is 0. The van der Waals surface area contributed by atoms with Crippen LogP contribution in [0.2, 0.25) is 0 Å². The summed E-state index contributed by atoms with van der Waals surface area (Å²) in [5.74, 6) is 7.28. The van der Waals surface area contributed by atoms with Gasteiger partial charge in [0.05, 0.1) is 12.2 Å².